The molecule has 0 saturated carbocycles. The van der Waals surface area contributed by atoms with E-state index in [0.717, 1.165) is 12.1 Å². The first-order valence-corrected chi connectivity index (χ1v) is 6.60. The number of aliphatic hydroxyl groups excluding tert-OH is 1. The second kappa shape index (κ2) is 6.88. The smallest absolute Gasteiger partial charge is 0.271 e. The molecule has 0 saturated heterocycles. The van der Waals surface area contributed by atoms with Crippen LogP contribution in [0, 0.1) is 10.1 Å². The molecule has 0 aromatic heterocycles. The molecule has 1 amide bonds. The predicted molar refractivity (Wildman–Crippen MR) is 76.3 cm³/mol. The van der Waals surface area contributed by atoms with Crippen molar-refractivity contribution in [3.05, 3.63) is 37.9 Å². The van der Waals surface area contributed by atoms with Crippen LogP contribution < -0.4 is 5.32 Å². The Kier molecular flexibility index (Phi) is 5.74. The number of aliphatic hydroxyl groups is 1. The molecule has 0 aliphatic heterocycles. The van der Waals surface area contributed by atoms with Crippen LogP contribution in [0.2, 0.25) is 10.0 Å². The number of non-ortho nitro benzene ring substituents is 1. The summed E-state index contributed by atoms with van der Waals surface area (Å²) in [6.07, 6.45) is -0.221. The molecular weight excluding hydrogens is 307 g/mol. The van der Waals surface area contributed by atoms with Gasteiger partial charge in [0.2, 0.25) is 0 Å². The Morgan fingerprint density at radius 1 is 1.45 bits per heavy atom. The van der Waals surface area contributed by atoms with Gasteiger partial charge in [-0.3, -0.25) is 14.9 Å². The van der Waals surface area contributed by atoms with Crippen molar-refractivity contribution in [1.29, 1.82) is 0 Å². The quantitative estimate of drug-likeness (QED) is 0.644. The Bertz CT molecular complexity index is 534. The van der Waals surface area contributed by atoms with E-state index in [1.54, 1.807) is 13.8 Å². The maximum atomic E-state index is 12.0. The second-order valence-electron chi connectivity index (χ2n) is 4.51. The lowest BCUT2D eigenvalue weighted by molar-refractivity contribution is -0.384. The molecule has 1 aromatic carbocycles. The third-order valence-corrected chi connectivity index (χ3v) is 3.34. The van der Waals surface area contributed by atoms with E-state index in [0.29, 0.717) is 6.42 Å². The summed E-state index contributed by atoms with van der Waals surface area (Å²) in [5, 5.41) is 22.5. The summed E-state index contributed by atoms with van der Waals surface area (Å²) >= 11 is 11.7. The molecule has 110 valence electrons. The molecule has 0 aliphatic rings. The van der Waals surface area contributed by atoms with Gasteiger partial charge in [0, 0.05) is 18.2 Å². The average molecular weight is 321 g/mol. The summed E-state index contributed by atoms with van der Waals surface area (Å²) in [7, 11) is 0. The van der Waals surface area contributed by atoms with Gasteiger partial charge in [-0.15, -0.1) is 0 Å². The number of nitrogens with zero attached hydrogens (tertiary/aromatic N) is 1. The van der Waals surface area contributed by atoms with Gasteiger partial charge in [-0.2, -0.15) is 0 Å². The Labute approximate surface area is 125 Å². The van der Waals surface area contributed by atoms with Crippen LogP contribution in [0.1, 0.15) is 30.6 Å². The molecule has 0 heterocycles. The summed E-state index contributed by atoms with van der Waals surface area (Å²) in [6.45, 7) is 3.30. The van der Waals surface area contributed by atoms with Gasteiger partial charge in [-0.05, 0) is 20.3 Å². The number of nitrogens with one attached hydrogen (secondary N) is 1. The lowest BCUT2D eigenvalue weighted by Crippen LogP contribution is -2.34. The van der Waals surface area contributed by atoms with E-state index in [2.05, 4.69) is 5.32 Å². The van der Waals surface area contributed by atoms with Crippen LogP contribution in [0.5, 0.6) is 0 Å². The van der Waals surface area contributed by atoms with E-state index in [9.17, 15) is 20.0 Å². The zero-order chi connectivity index (χ0) is 15.4. The predicted octanol–water partition coefficient (Wildman–Crippen LogP) is 2.79. The minimum atomic E-state index is -0.655. The number of carbonyl (C=O) groups is 1. The van der Waals surface area contributed by atoms with Crippen molar-refractivity contribution in [2.45, 2.75) is 32.4 Å². The summed E-state index contributed by atoms with van der Waals surface area (Å²) in [5.74, 6) is -0.575. The maximum absolute atomic E-state index is 12.0. The Morgan fingerprint density at radius 2 is 2.05 bits per heavy atom. The molecule has 0 spiro atoms. The molecule has 8 heteroatoms. The number of rotatable bonds is 5. The van der Waals surface area contributed by atoms with Gasteiger partial charge in [0.05, 0.1) is 26.6 Å². The topological polar surface area (TPSA) is 92.5 Å². The average Bonchev–Trinajstić information content (AvgIpc) is 2.30. The van der Waals surface area contributed by atoms with Gasteiger partial charge >= 0.3 is 0 Å². The molecular formula is C12H14Cl2N2O4. The van der Waals surface area contributed by atoms with Crippen molar-refractivity contribution in [2.24, 2.45) is 0 Å². The van der Waals surface area contributed by atoms with E-state index in [1.807, 2.05) is 0 Å². The molecule has 2 atom stereocenters. The van der Waals surface area contributed by atoms with Crippen molar-refractivity contribution in [3.63, 3.8) is 0 Å². The molecule has 2 N–H and O–H groups in total. The molecule has 6 nitrogen and oxygen atoms in total. The Hall–Kier alpha value is -1.37. The number of nitro benzene ring substituents is 1. The second-order valence-corrected chi connectivity index (χ2v) is 5.29. The minimum Gasteiger partial charge on any atom is -0.393 e. The highest BCUT2D eigenvalue weighted by Gasteiger charge is 2.20. The van der Waals surface area contributed by atoms with Gasteiger partial charge in [-0.25, -0.2) is 0 Å². The highest BCUT2D eigenvalue weighted by molar-refractivity contribution is 6.44. The summed E-state index contributed by atoms with van der Waals surface area (Å²) in [5.41, 5.74) is -0.379. The fraction of sp³-hybridized carbons (Fsp3) is 0.417. The van der Waals surface area contributed by atoms with Gasteiger partial charge in [-0.1, -0.05) is 23.2 Å². The molecule has 0 radical (unpaired) electrons. The highest BCUT2D eigenvalue weighted by Crippen LogP contribution is 2.30. The van der Waals surface area contributed by atoms with E-state index in [-0.39, 0.29) is 27.3 Å². The van der Waals surface area contributed by atoms with Crippen LogP contribution in [0.15, 0.2) is 12.1 Å². The number of hydrogen-bond donors (Lipinski definition) is 2. The number of carbonyl (C=O) groups excluding carboxylic acids is 1. The highest BCUT2D eigenvalue weighted by atomic mass is 35.5. The van der Waals surface area contributed by atoms with Crippen LogP contribution in [-0.2, 0) is 0 Å². The first kappa shape index (κ1) is 16.7. The maximum Gasteiger partial charge on any atom is 0.271 e. The lowest BCUT2D eigenvalue weighted by Gasteiger charge is -2.16. The zero-order valence-electron chi connectivity index (χ0n) is 10.9. The van der Waals surface area contributed by atoms with Gasteiger partial charge < -0.3 is 10.4 Å². The van der Waals surface area contributed by atoms with Crippen molar-refractivity contribution >= 4 is 34.8 Å². The van der Waals surface area contributed by atoms with E-state index < -0.39 is 16.9 Å². The van der Waals surface area contributed by atoms with Crippen LogP contribution in [0.3, 0.4) is 0 Å². The number of benzene rings is 1. The lowest BCUT2D eigenvalue weighted by atomic mass is 10.1. The molecule has 0 fully saturated rings. The SMILES string of the molecule is CC(O)CC(C)NC(=O)c1cc([N+](=O)[O-])cc(Cl)c1Cl. The normalized spacial score (nSPS) is 13.7. The molecule has 0 aliphatic carbocycles. The zero-order valence-corrected chi connectivity index (χ0v) is 12.4. The molecule has 0 bridgehead atoms. The molecule has 2 unspecified atom stereocenters. The van der Waals surface area contributed by atoms with E-state index in [4.69, 9.17) is 23.2 Å². The number of nitro groups is 1. The third-order valence-electron chi connectivity index (χ3n) is 2.54. The standard InChI is InChI=1S/C12H14Cl2N2O4/c1-6(3-7(2)17)15-12(18)9-4-8(16(19)20)5-10(13)11(9)14/h4-7,17H,3H2,1-2H3,(H,15,18). The summed E-state index contributed by atoms with van der Waals surface area (Å²) in [4.78, 5) is 22.1. The minimum absolute atomic E-state index is 0.0426. The van der Waals surface area contributed by atoms with E-state index in [1.165, 1.54) is 0 Å². The van der Waals surface area contributed by atoms with Gasteiger partial charge in [0.1, 0.15) is 0 Å². The monoisotopic (exact) mass is 320 g/mol. The van der Waals surface area contributed by atoms with Crippen LogP contribution in [0.25, 0.3) is 0 Å². The Morgan fingerprint density at radius 3 is 2.55 bits per heavy atom. The largest absolute Gasteiger partial charge is 0.393 e. The number of hydrogen-bond acceptors (Lipinski definition) is 4. The fourth-order valence-electron chi connectivity index (χ4n) is 1.72. The number of amides is 1. The molecule has 1 rings (SSSR count). The van der Waals surface area contributed by atoms with Gasteiger partial charge in [0.15, 0.2) is 0 Å². The van der Waals surface area contributed by atoms with Crippen LogP contribution in [-0.4, -0.2) is 28.1 Å². The van der Waals surface area contributed by atoms with Crippen molar-refractivity contribution < 1.29 is 14.8 Å². The van der Waals surface area contributed by atoms with Crippen LogP contribution >= 0.6 is 23.2 Å². The van der Waals surface area contributed by atoms with Crippen LogP contribution in [0.4, 0.5) is 5.69 Å². The van der Waals surface area contributed by atoms with E-state index >= 15 is 0 Å². The fourth-order valence-corrected chi connectivity index (χ4v) is 2.13. The molecule has 1 aromatic rings. The van der Waals surface area contributed by atoms with Crippen molar-refractivity contribution in [2.75, 3.05) is 0 Å². The van der Waals surface area contributed by atoms with Crippen molar-refractivity contribution in [1.82, 2.24) is 5.32 Å². The Balaban J connectivity index is 3.00. The third kappa shape index (κ3) is 4.33. The summed E-state index contributed by atoms with van der Waals surface area (Å²) in [6, 6.07) is 1.84. The van der Waals surface area contributed by atoms with Crippen molar-refractivity contribution in [3.8, 4) is 0 Å². The first-order chi connectivity index (χ1) is 9.22. The summed E-state index contributed by atoms with van der Waals surface area (Å²) < 4.78 is 0. The first-order valence-electron chi connectivity index (χ1n) is 5.84. The van der Waals surface area contributed by atoms with Gasteiger partial charge in [0.25, 0.3) is 11.6 Å². The number of halogens is 2. The molecule has 20 heavy (non-hydrogen) atoms.